The van der Waals surface area contributed by atoms with Crippen LogP contribution >= 0.6 is 0 Å². The molecule has 1 heterocycles. The lowest BCUT2D eigenvalue weighted by Crippen LogP contribution is -2.02. The van der Waals surface area contributed by atoms with Crippen molar-refractivity contribution >= 4 is 32.4 Å². The van der Waals surface area contributed by atoms with Crippen molar-refractivity contribution in [3.63, 3.8) is 0 Å². The van der Waals surface area contributed by atoms with Gasteiger partial charge in [0.05, 0.1) is 17.3 Å². The smallest absolute Gasteiger partial charge is 0.114 e. The number of pyridine rings is 1. The molecule has 0 aliphatic heterocycles. The Morgan fingerprint density at radius 2 is 1.37 bits per heavy atom. The Bertz CT molecular complexity index is 1350. The Hall–Kier alpha value is -3.70. The average Bonchev–Trinajstić information content (AvgIpc) is 2.73. The summed E-state index contributed by atoms with van der Waals surface area (Å²) < 4.78 is 0. The first-order valence-electron chi connectivity index (χ1n) is 9.00. The van der Waals surface area contributed by atoms with Crippen molar-refractivity contribution in [3.8, 4) is 6.07 Å². The maximum Gasteiger partial charge on any atom is 0.114 e. The van der Waals surface area contributed by atoms with Gasteiger partial charge in [0.25, 0.3) is 0 Å². The van der Waals surface area contributed by atoms with Gasteiger partial charge in [0.15, 0.2) is 0 Å². The predicted molar refractivity (Wildman–Crippen MR) is 111 cm³/mol. The Labute approximate surface area is 157 Å². The summed E-state index contributed by atoms with van der Waals surface area (Å²) in [6, 6.07) is 33.4. The van der Waals surface area contributed by atoms with E-state index in [0.29, 0.717) is 0 Å². The van der Waals surface area contributed by atoms with Gasteiger partial charge in [-0.05, 0) is 51.4 Å². The van der Waals surface area contributed by atoms with Crippen LogP contribution in [0.2, 0.25) is 0 Å². The van der Waals surface area contributed by atoms with Gasteiger partial charge >= 0.3 is 0 Å². The third-order valence-electron chi connectivity index (χ3n) is 5.14. The summed E-state index contributed by atoms with van der Waals surface area (Å²) in [4.78, 5) is 4.77. The zero-order valence-electron chi connectivity index (χ0n) is 14.6. The number of benzene rings is 4. The highest BCUT2D eigenvalue weighted by atomic mass is 14.7. The topological polar surface area (TPSA) is 36.7 Å². The fourth-order valence-electron chi connectivity index (χ4n) is 3.78. The van der Waals surface area contributed by atoms with Gasteiger partial charge < -0.3 is 0 Å². The van der Waals surface area contributed by atoms with Gasteiger partial charge in [0.1, 0.15) is 5.92 Å². The molecule has 0 saturated heterocycles. The molecule has 2 heteroatoms. The van der Waals surface area contributed by atoms with E-state index in [1.54, 1.807) is 0 Å². The summed E-state index contributed by atoms with van der Waals surface area (Å²) in [6.45, 7) is 0. The fourth-order valence-corrected chi connectivity index (χ4v) is 3.78. The Kier molecular flexibility index (Phi) is 3.59. The van der Waals surface area contributed by atoms with Crippen molar-refractivity contribution in [2.45, 2.75) is 5.92 Å². The summed E-state index contributed by atoms with van der Waals surface area (Å²) in [7, 11) is 0. The molecule has 0 amide bonds. The summed E-state index contributed by atoms with van der Waals surface area (Å²) in [6.07, 6.45) is 0. The predicted octanol–water partition coefficient (Wildman–Crippen LogP) is 6.20. The van der Waals surface area contributed by atoms with Crippen molar-refractivity contribution in [2.24, 2.45) is 0 Å². The van der Waals surface area contributed by atoms with Gasteiger partial charge in [0.2, 0.25) is 0 Å². The molecule has 4 aromatic carbocycles. The van der Waals surface area contributed by atoms with Crippen molar-refractivity contribution in [1.29, 1.82) is 5.26 Å². The van der Waals surface area contributed by atoms with Crippen molar-refractivity contribution in [2.75, 3.05) is 0 Å². The van der Waals surface area contributed by atoms with Crippen LogP contribution in [0.4, 0.5) is 0 Å². The van der Waals surface area contributed by atoms with Crippen LogP contribution in [-0.2, 0) is 0 Å². The highest BCUT2D eigenvalue weighted by Crippen LogP contribution is 2.32. The minimum absolute atomic E-state index is 0.403. The number of rotatable bonds is 2. The van der Waals surface area contributed by atoms with Gasteiger partial charge in [-0.2, -0.15) is 5.26 Å². The molecule has 0 aliphatic carbocycles. The number of hydrogen-bond acceptors (Lipinski definition) is 2. The number of aromatic nitrogens is 1. The molecule has 0 fully saturated rings. The molecule has 0 saturated carbocycles. The highest BCUT2D eigenvalue weighted by molar-refractivity contribution is 6.00. The van der Waals surface area contributed by atoms with Gasteiger partial charge in [-0.3, -0.25) is 4.98 Å². The zero-order chi connectivity index (χ0) is 18.2. The fraction of sp³-hybridized carbons (Fsp3) is 0.0400. The molecule has 126 valence electrons. The van der Waals surface area contributed by atoms with E-state index in [9.17, 15) is 5.26 Å². The van der Waals surface area contributed by atoms with Crippen molar-refractivity contribution in [3.05, 3.63) is 102 Å². The molecular formula is C25H16N2. The van der Waals surface area contributed by atoms with E-state index in [1.807, 2.05) is 54.6 Å². The molecular weight excluding hydrogens is 328 g/mol. The van der Waals surface area contributed by atoms with Crippen molar-refractivity contribution < 1.29 is 0 Å². The van der Waals surface area contributed by atoms with E-state index in [2.05, 4.69) is 42.5 Å². The third kappa shape index (κ3) is 2.61. The molecule has 5 rings (SSSR count). The van der Waals surface area contributed by atoms with E-state index in [0.717, 1.165) is 32.9 Å². The number of nitrogens with zero attached hydrogens (tertiary/aromatic N) is 2. The van der Waals surface area contributed by atoms with Gasteiger partial charge in [0, 0.05) is 5.39 Å². The zero-order valence-corrected chi connectivity index (χ0v) is 14.6. The van der Waals surface area contributed by atoms with Crippen LogP contribution in [0.3, 0.4) is 0 Å². The number of hydrogen-bond donors (Lipinski definition) is 0. The van der Waals surface area contributed by atoms with Gasteiger partial charge in [-0.15, -0.1) is 0 Å². The lowest BCUT2D eigenvalue weighted by Gasteiger charge is -2.14. The van der Waals surface area contributed by atoms with Crippen LogP contribution < -0.4 is 0 Å². The van der Waals surface area contributed by atoms with E-state index in [4.69, 9.17) is 4.98 Å². The average molecular weight is 344 g/mol. The third-order valence-corrected chi connectivity index (χ3v) is 5.14. The standard InChI is InChI=1S/C25H16N2/c26-16-23(25-13-12-17-6-3-4-11-24(17)27-25)21-10-5-9-20-14-18-7-1-2-8-19(18)15-22(20)21/h1-15,23H. The van der Waals surface area contributed by atoms with E-state index < -0.39 is 5.92 Å². The largest absolute Gasteiger partial charge is 0.251 e. The summed E-state index contributed by atoms with van der Waals surface area (Å²) in [5.41, 5.74) is 2.71. The first-order valence-corrected chi connectivity index (χ1v) is 9.00. The van der Waals surface area contributed by atoms with Crippen LogP contribution in [-0.4, -0.2) is 4.98 Å². The first kappa shape index (κ1) is 15.5. The highest BCUT2D eigenvalue weighted by Gasteiger charge is 2.18. The Morgan fingerprint density at radius 3 is 2.19 bits per heavy atom. The monoisotopic (exact) mass is 344 g/mol. The summed E-state index contributed by atoms with van der Waals surface area (Å²) in [5.74, 6) is -0.403. The molecule has 1 aromatic heterocycles. The second-order valence-electron chi connectivity index (χ2n) is 6.76. The molecule has 0 N–H and O–H groups in total. The normalized spacial score (nSPS) is 12.3. The minimum atomic E-state index is -0.403. The Balaban J connectivity index is 1.74. The quantitative estimate of drug-likeness (QED) is 0.358. The van der Waals surface area contributed by atoms with Crippen LogP contribution in [0.15, 0.2) is 91.0 Å². The molecule has 0 bridgehead atoms. The number of para-hydroxylation sites is 1. The SMILES string of the molecule is N#CC(c1ccc2ccccc2n1)c1cccc2cc3ccccc3cc12. The van der Waals surface area contributed by atoms with Crippen LogP contribution in [0, 0.1) is 11.3 Å². The maximum atomic E-state index is 9.99. The van der Waals surface area contributed by atoms with Gasteiger partial charge in [-0.1, -0.05) is 66.7 Å². The van der Waals surface area contributed by atoms with Crippen molar-refractivity contribution in [1.82, 2.24) is 4.98 Å². The maximum absolute atomic E-state index is 9.99. The molecule has 1 atom stereocenters. The second-order valence-corrected chi connectivity index (χ2v) is 6.76. The lowest BCUT2D eigenvalue weighted by molar-refractivity contribution is 0.990. The van der Waals surface area contributed by atoms with Gasteiger partial charge in [-0.25, -0.2) is 0 Å². The van der Waals surface area contributed by atoms with E-state index >= 15 is 0 Å². The molecule has 0 radical (unpaired) electrons. The van der Waals surface area contributed by atoms with Crippen LogP contribution in [0.5, 0.6) is 0 Å². The molecule has 0 spiro atoms. The van der Waals surface area contributed by atoms with E-state index in [1.165, 1.54) is 10.8 Å². The Morgan fingerprint density at radius 1 is 0.667 bits per heavy atom. The molecule has 0 aliphatic rings. The molecule has 1 unspecified atom stereocenters. The van der Waals surface area contributed by atoms with Crippen LogP contribution in [0.1, 0.15) is 17.2 Å². The number of nitriles is 1. The van der Waals surface area contributed by atoms with E-state index in [-0.39, 0.29) is 0 Å². The second kappa shape index (κ2) is 6.23. The minimum Gasteiger partial charge on any atom is -0.251 e. The van der Waals surface area contributed by atoms with Crippen LogP contribution in [0.25, 0.3) is 32.4 Å². The first-order chi connectivity index (χ1) is 13.3. The molecule has 2 nitrogen and oxygen atoms in total. The summed E-state index contributed by atoms with van der Waals surface area (Å²) >= 11 is 0. The summed E-state index contributed by atoms with van der Waals surface area (Å²) in [5, 5.41) is 15.7. The number of fused-ring (bicyclic) bond motifs is 3. The molecule has 5 aromatic rings. The molecule has 27 heavy (non-hydrogen) atoms. The lowest BCUT2D eigenvalue weighted by atomic mass is 9.90.